The molecule has 1 saturated heterocycles. The maximum absolute atomic E-state index is 12.4. The molecule has 1 aromatic rings. The van der Waals surface area contributed by atoms with Crippen molar-refractivity contribution in [3.05, 3.63) is 60.2 Å². The van der Waals surface area contributed by atoms with Crippen molar-refractivity contribution in [3.63, 3.8) is 0 Å². The summed E-state index contributed by atoms with van der Waals surface area (Å²) in [5.41, 5.74) is -0.377. The standard InChI is InChI=1S/C28H38N4O4/c1-27(2,3)36-26(34)30-15-12-25(33)32-19-17-31(18-20-32)16-7-21-35-28(22-29)13-10-24(11-14-28)23-8-5-4-6-9-23/h4-6,8-11,13-14,24H,7,12,15-21H2,1-3H3,(H,30,34). The van der Waals surface area contributed by atoms with Crippen molar-refractivity contribution in [2.24, 2.45) is 0 Å². The van der Waals surface area contributed by atoms with Gasteiger partial charge >= 0.3 is 6.09 Å². The fourth-order valence-corrected chi connectivity index (χ4v) is 4.21. The average molecular weight is 495 g/mol. The zero-order valence-electron chi connectivity index (χ0n) is 21.6. The highest BCUT2D eigenvalue weighted by molar-refractivity contribution is 5.77. The number of allylic oxidation sites excluding steroid dienone is 2. The number of nitriles is 1. The van der Waals surface area contributed by atoms with Crippen LogP contribution in [0.3, 0.4) is 0 Å². The van der Waals surface area contributed by atoms with E-state index in [9.17, 15) is 14.9 Å². The summed E-state index contributed by atoms with van der Waals surface area (Å²) in [6.45, 7) is 9.93. The summed E-state index contributed by atoms with van der Waals surface area (Å²) in [6.07, 6.45) is 8.32. The lowest BCUT2D eigenvalue weighted by Crippen LogP contribution is -2.49. The number of nitrogens with zero attached hydrogens (tertiary/aromatic N) is 3. The van der Waals surface area contributed by atoms with Crippen molar-refractivity contribution >= 4 is 12.0 Å². The number of rotatable bonds is 9. The third-order valence-corrected chi connectivity index (χ3v) is 6.15. The van der Waals surface area contributed by atoms with E-state index in [0.29, 0.717) is 19.7 Å². The van der Waals surface area contributed by atoms with Crippen LogP contribution in [0.5, 0.6) is 0 Å². The number of benzene rings is 1. The predicted octanol–water partition coefficient (Wildman–Crippen LogP) is 3.62. The number of carbonyl (C=O) groups is 2. The van der Waals surface area contributed by atoms with Gasteiger partial charge in [0.2, 0.25) is 5.91 Å². The van der Waals surface area contributed by atoms with Crippen LogP contribution in [0, 0.1) is 11.3 Å². The Morgan fingerprint density at radius 3 is 2.39 bits per heavy atom. The van der Waals surface area contributed by atoms with E-state index in [1.807, 2.05) is 47.4 Å². The fourth-order valence-electron chi connectivity index (χ4n) is 4.21. The number of hydrogen-bond donors (Lipinski definition) is 1. The van der Waals surface area contributed by atoms with Crippen molar-refractivity contribution in [2.75, 3.05) is 45.9 Å². The maximum atomic E-state index is 12.4. The molecule has 0 bridgehead atoms. The van der Waals surface area contributed by atoms with Crippen molar-refractivity contribution < 1.29 is 19.1 Å². The van der Waals surface area contributed by atoms with Gasteiger partial charge in [-0.05, 0) is 44.9 Å². The number of ether oxygens (including phenoxy) is 2. The molecule has 8 heteroatoms. The molecule has 0 radical (unpaired) electrons. The van der Waals surface area contributed by atoms with E-state index in [1.165, 1.54) is 5.56 Å². The summed E-state index contributed by atoms with van der Waals surface area (Å²) < 4.78 is 11.2. The predicted molar refractivity (Wildman–Crippen MR) is 138 cm³/mol. The Bertz CT molecular complexity index is 956. The largest absolute Gasteiger partial charge is 0.444 e. The summed E-state index contributed by atoms with van der Waals surface area (Å²) in [5, 5.41) is 12.3. The van der Waals surface area contributed by atoms with Gasteiger partial charge in [0.15, 0.2) is 5.60 Å². The van der Waals surface area contributed by atoms with Crippen LogP contribution < -0.4 is 5.32 Å². The summed E-state index contributed by atoms with van der Waals surface area (Å²) in [6, 6.07) is 12.5. The second-order valence-corrected chi connectivity index (χ2v) is 10.2. The quantitative estimate of drug-likeness (QED) is 0.416. The number of carbonyl (C=O) groups excluding carboxylic acids is 2. The zero-order valence-corrected chi connectivity index (χ0v) is 21.6. The number of amides is 2. The van der Waals surface area contributed by atoms with E-state index in [2.05, 4.69) is 28.4 Å². The Morgan fingerprint density at radius 2 is 1.78 bits per heavy atom. The molecule has 1 aliphatic heterocycles. The Kier molecular flexibility index (Phi) is 9.68. The van der Waals surface area contributed by atoms with Crippen LogP contribution in [0.4, 0.5) is 4.79 Å². The lowest BCUT2D eigenvalue weighted by molar-refractivity contribution is -0.132. The highest BCUT2D eigenvalue weighted by atomic mass is 16.6. The molecule has 0 unspecified atom stereocenters. The average Bonchev–Trinajstić information content (AvgIpc) is 2.87. The van der Waals surface area contributed by atoms with Gasteiger partial charge in [-0.2, -0.15) is 5.26 Å². The fraction of sp³-hybridized carbons (Fsp3) is 0.536. The molecular weight excluding hydrogens is 456 g/mol. The van der Waals surface area contributed by atoms with Crippen LogP contribution in [-0.4, -0.2) is 78.9 Å². The number of piperazine rings is 1. The molecule has 194 valence electrons. The molecule has 0 saturated carbocycles. The van der Waals surface area contributed by atoms with Crippen LogP contribution in [0.15, 0.2) is 54.6 Å². The van der Waals surface area contributed by atoms with Crippen molar-refractivity contribution in [1.29, 1.82) is 5.26 Å². The van der Waals surface area contributed by atoms with Crippen molar-refractivity contribution in [2.45, 2.75) is 50.7 Å². The van der Waals surface area contributed by atoms with Gasteiger partial charge in [0.05, 0.1) is 6.61 Å². The summed E-state index contributed by atoms with van der Waals surface area (Å²) in [4.78, 5) is 28.3. The van der Waals surface area contributed by atoms with Crippen molar-refractivity contribution in [3.8, 4) is 6.07 Å². The molecule has 36 heavy (non-hydrogen) atoms. The molecule has 1 fully saturated rings. The highest BCUT2D eigenvalue weighted by Gasteiger charge is 2.28. The SMILES string of the molecule is CC(C)(C)OC(=O)NCCC(=O)N1CCN(CCCOC2(C#N)C=CC(c3ccccc3)C=C2)CC1. The molecule has 2 aliphatic rings. The van der Waals surface area contributed by atoms with Crippen LogP contribution in [0.25, 0.3) is 0 Å². The van der Waals surface area contributed by atoms with E-state index in [-0.39, 0.29) is 24.8 Å². The molecule has 0 spiro atoms. The van der Waals surface area contributed by atoms with Gasteiger partial charge in [-0.15, -0.1) is 0 Å². The molecule has 1 heterocycles. The number of nitrogens with one attached hydrogen (secondary N) is 1. The Hall–Kier alpha value is -3.15. The maximum Gasteiger partial charge on any atom is 0.407 e. The smallest absolute Gasteiger partial charge is 0.407 e. The monoisotopic (exact) mass is 494 g/mol. The normalized spacial score (nSPS) is 22.2. The summed E-state index contributed by atoms with van der Waals surface area (Å²) >= 11 is 0. The third kappa shape index (κ3) is 8.51. The van der Waals surface area contributed by atoms with Gasteiger partial charge in [0.25, 0.3) is 0 Å². The van der Waals surface area contributed by atoms with Crippen LogP contribution >= 0.6 is 0 Å². The number of hydrogen-bond acceptors (Lipinski definition) is 6. The highest BCUT2D eigenvalue weighted by Crippen LogP contribution is 2.28. The second kappa shape index (κ2) is 12.7. The van der Waals surface area contributed by atoms with Gasteiger partial charge in [-0.3, -0.25) is 9.69 Å². The molecule has 3 rings (SSSR count). The molecule has 1 aliphatic carbocycles. The molecule has 1 aromatic carbocycles. The number of alkyl carbamates (subject to hydrolysis) is 1. The van der Waals surface area contributed by atoms with E-state index in [1.54, 1.807) is 20.8 Å². The molecule has 8 nitrogen and oxygen atoms in total. The molecule has 0 aromatic heterocycles. The topological polar surface area (TPSA) is 94.9 Å². The van der Waals surface area contributed by atoms with Gasteiger partial charge in [0, 0.05) is 51.6 Å². The zero-order chi connectivity index (χ0) is 26.0. The van der Waals surface area contributed by atoms with Gasteiger partial charge in [-0.25, -0.2) is 4.79 Å². The minimum Gasteiger partial charge on any atom is -0.444 e. The van der Waals surface area contributed by atoms with E-state index in [0.717, 1.165) is 26.1 Å². The molecule has 1 N–H and O–H groups in total. The first-order valence-electron chi connectivity index (χ1n) is 12.7. The molecule has 0 atom stereocenters. The van der Waals surface area contributed by atoms with Crippen molar-refractivity contribution in [1.82, 2.24) is 15.1 Å². The first kappa shape index (κ1) is 27.4. The second-order valence-electron chi connectivity index (χ2n) is 10.2. The lowest BCUT2D eigenvalue weighted by atomic mass is 9.89. The minimum atomic E-state index is -1.01. The first-order valence-corrected chi connectivity index (χ1v) is 12.7. The third-order valence-electron chi connectivity index (χ3n) is 6.15. The first-order chi connectivity index (χ1) is 17.2. The van der Waals surface area contributed by atoms with Gasteiger partial charge < -0.3 is 19.7 Å². The van der Waals surface area contributed by atoms with Crippen LogP contribution in [0.2, 0.25) is 0 Å². The molecule has 2 amide bonds. The Labute approximate surface area is 214 Å². The van der Waals surface area contributed by atoms with Gasteiger partial charge in [-0.1, -0.05) is 42.5 Å². The van der Waals surface area contributed by atoms with Crippen LogP contribution in [0.1, 0.15) is 45.1 Å². The Balaban J connectivity index is 1.31. The minimum absolute atomic E-state index is 0.0367. The van der Waals surface area contributed by atoms with E-state index >= 15 is 0 Å². The summed E-state index contributed by atoms with van der Waals surface area (Å²) in [7, 11) is 0. The molecular formula is C28H38N4O4. The van der Waals surface area contributed by atoms with Crippen LogP contribution in [-0.2, 0) is 14.3 Å². The van der Waals surface area contributed by atoms with E-state index in [4.69, 9.17) is 9.47 Å². The van der Waals surface area contributed by atoms with Gasteiger partial charge in [0.1, 0.15) is 11.7 Å². The lowest BCUT2D eigenvalue weighted by Gasteiger charge is -2.35. The Morgan fingerprint density at radius 1 is 1.11 bits per heavy atom. The van der Waals surface area contributed by atoms with E-state index < -0.39 is 17.3 Å². The summed E-state index contributed by atoms with van der Waals surface area (Å²) in [5.74, 6) is 0.193.